The van der Waals surface area contributed by atoms with Crippen molar-refractivity contribution in [2.75, 3.05) is 0 Å². The number of halogens is 13. The minimum absolute atomic E-state index is 0.0924. The molecule has 0 atom stereocenters. The molecule has 0 unspecified atom stereocenters. The summed E-state index contributed by atoms with van der Waals surface area (Å²) in [6, 6.07) is 33.9. The Hall–Kier alpha value is -9.51. The van der Waals surface area contributed by atoms with Crippen LogP contribution in [-0.4, -0.2) is 4.57 Å². The van der Waals surface area contributed by atoms with Crippen LogP contribution in [0.25, 0.3) is 56.4 Å². The summed E-state index contributed by atoms with van der Waals surface area (Å²) in [5.41, 5.74) is 4.13. The van der Waals surface area contributed by atoms with Crippen molar-refractivity contribution in [2.24, 2.45) is 42.3 Å². The molecule has 0 fully saturated rings. The van der Waals surface area contributed by atoms with Gasteiger partial charge in [-0.1, -0.05) is 18.2 Å². The molecule has 10 rings (SSSR count). The summed E-state index contributed by atoms with van der Waals surface area (Å²) in [7, 11) is 11.0. The minimum Gasteiger partial charge on any atom is -0.233 e. The summed E-state index contributed by atoms with van der Waals surface area (Å²) in [5, 5.41) is 8.79. The molecule has 20 heteroatoms. The Morgan fingerprint density at radius 3 is 1.47 bits per heavy atom. The number of aryl methyl sites for hydroxylation is 10. The van der Waals surface area contributed by atoms with Crippen molar-refractivity contribution >= 4 is 0 Å². The van der Waals surface area contributed by atoms with Crippen LogP contribution < -0.4 is 22.8 Å². The van der Waals surface area contributed by atoms with E-state index in [-0.39, 0.29) is 45.6 Å². The van der Waals surface area contributed by atoms with E-state index in [4.69, 9.17) is 5.26 Å². The number of pyridine rings is 4. The van der Waals surface area contributed by atoms with Crippen molar-refractivity contribution in [3.05, 3.63) is 256 Å². The number of aromatic nitrogens is 6. The second-order valence-electron chi connectivity index (χ2n) is 20.3. The maximum atomic E-state index is 14.2. The highest BCUT2D eigenvalue weighted by atomic mass is 19.4. The predicted octanol–water partition coefficient (Wildman–Crippen LogP) is 14.7. The fraction of sp³-hybridized carbons (Fsp3) is 0.194. The summed E-state index contributed by atoms with van der Waals surface area (Å²) in [4.78, 5) is 0. The number of benzene rings is 5. The maximum Gasteiger partial charge on any atom is 0.416 e. The Labute approximate surface area is 495 Å². The van der Waals surface area contributed by atoms with E-state index in [1.165, 1.54) is 89.2 Å². The van der Waals surface area contributed by atoms with Gasteiger partial charge in [0.2, 0.25) is 22.8 Å². The van der Waals surface area contributed by atoms with Crippen molar-refractivity contribution < 1.29 is 79.9 Å². The van der Waals surface area contributed by atoms with E-state index in [0.717, 1.165) is 29.0 Å². The average Bonchev–Trinajstić information content (AvgIpc) is 2.02. The summed E-state index contributed by atoms with van der Waals surface area (Å²) in [6.45, 7) is 8.33. The third-order valence-electron chi connectivity index (χ3n) is 14.0. The van der Waals surface area contributed by atoms with Gasteiger partial charge in [-0.2, -0.15) is 31.6 Å². The lowest BCUT2D eigenvalue weighted by molar-refractivity contribution is -0.660. The Kier molecular flexibility index (Phi) is 21.5. The van der Waals surface area contributed by atoms with Gasteiger partial charge in [-0.25, -0.2) is 58.1 Å². The number of hydrogen-bond donors (Lipinski definition) is 0. The molecule has 7 nitrogen and oxygen atoms in total. The van der Waals surface area contributed by atoms with Crippen LogP contribution in [0.4, 0.5) is 57.1 Å². The van der Waals surface area contributed by atoms with Crippen LogP contribution in [0.1, 0.15) is 44.5 Å². The number of hydrogen-bond acceptors (Lipinski definition) is 1. The van der Waals surface area contributed by atoms with Gasteiger partial charge in [0.15, 0.2) is 30.6 Å². The van der Waals surface area contributed by atoms with E-state index >= 15 is 0 Å². The molecule has 5 aromatic heterocycles. The van der Waals surface area contributed by atoms with E-state index < -0.39 is 58.1 Å². The van der Waals surface area contributed by atoms with Crippen LogP contribution >= 0.6 is 0 Å². The van der Waals surface area contributed by atoms with Gasteiger partial charge in [0, 0.05) is 60.2 Å². The number of nitrogens with zero attached hydrogens (tertiary/aromatic N) is 7. The van der Waals surface area contributed by atoms with E-state index in [9.17, 15) is 57.1 Å². The van der Waals surface area contributed by atoms with Gasteiger partial charge in [0.05, 0.1) is 47.5 Å². The predicted molar refractivity (Wildman–Crippen MR) is 302 cm³/mol. The zero-order valence-corrected chi connectivity index (χ0v) is 49.2. The van der Waals surface area contributed by atoms with Crippen LogP contribution in [0.15, 0.2) is 171 Å². The van der Waals surface area contributed by atoms with Crippen molar-refractivity contribution in [1.29, 1.82) is 5.26 Å². The van der Waals surface area contributed by atoms with Crippen LogP contribution in [0.2, 0.25) is 0 Å². The summed E-state index contributed by atoms with van der Waals surface area (Å²) < 4.78 is 182. The lowest BCUT2D eigenvalue weighted by Crippen LogP contribution is -2.31. The first-order chi connectivity index (χ1) is 40.8. The highest BCUT2D eigenvalue weighted by Crippen LogP contribution is 2.41. The van der Waals surface area contributed by atoms with Gasteiger partial charge in [-0.3, -0.25) is 0 Å². The first-order valence-electron chi connectivity index (χ1n) is 26.5. The van der Waals surface area contributed by atoms with Gasteiger partial charge < -0.3 is 0 Å². The average molecular weight is 1210 g/mol. The van der Waals surface area contributed by atoms with Gasteiger partial charge in [0.1, 0.15) is 87.1 Å². The van der Waals surface area contributed by atoms with Gasteiger partial charge in [-0.05, 0) is 123 Å². The molecule has 450 valence electrons. The molecule has 10 aromatic rings. The molecule has 0 aliphatic rings. The number of alkyl halides is 6. The van der Waals surface area contributed by atoms with Gasteiger partial charge >= 0.3 is 12.4 Å². The Morgan fingerprint density at radius 1 is 0.414 bits per heavy atom. The number of nitriles is 1. The topological polar surface area (TPSA) is 48.1 Å². The lowest BCUT2D eigenvalue weighted by atomic mass is 9.95. The fourth-order valence-corrected chi connectivity index (χ4v) is 9.52. The van der Waals surface area contributed by atoms with Crippen LogP contribution in [0.5, 0.6) is 0 Å². The molecular formula is C67H61F13N7+5. The second-order valence-corrected chi connectivity index (χ2v) is 20.3. The van der Waals surface area contributed by atoms with Gasteiger partial charge in [0.25, 0.3) is 5.82 Å². The SMILES string of the molecule is Cc1c(-c2cccc[n+]2C)cc(C(F)(F)F)cc1C(F)(F)F.Cc1cc(F)c(C#N)c(F)c1-c1cccc[n+]1C.Cc1cc(F)cc(F)c1-c1cc(F)cc[n+]1C.Cc1cc(F)ccc1-c1cc(F)cc[n+]1C.Cc1ccccc1-c1n(C)cc[n+]1C. The van der Waals surface area contributed by atoms with Crippen LogP contribution in [0.3, 0.4) is 0 Å². The fourth-order valence-electron chi connectivity index (χ4n) is 9.52. The summed E-state index contributed by atoms with van der Waals surface area (Å²) in [6.07, 6.45) is 0.902. The third kappa shape index (κ3) is 16.3. The molecule has 0 saturated heterocycles. The smallest absolute Gasteiger partial charge is 0.233 e. The highest BCUT2D eigenvalue weighted by molar-refractivity contribution is 5.67. The molecule has 87 heavy (non-hydrogen) atoms. The van der Waals surface area contributed by atoms with Crippen molar-refractivity contribution in [3.8, 4) is 62.5 Å². The second kappa shape index (κ2) is 28.1. The molecule has 0 aliphatic heterocycles. The van der Waals surface area contributed by atoms with Crippen LogP contribution in [0, 0.1) is 86.7 Å². The maximum absolute atomic E-state index is 14.2. The number of imidazole rings is 1. The molecular weight excluding hydrogens is 1150 g/mol. The zero-order chi connectivity index (χ0) is 64.4. The van der Waals surface area contributed by atoms with E-state index in [2.05, 4.69) is 66.8 Å². The summed E-state index contributed by atoms with van der Waals surface area (Å²) in [5.74, 6) is -2.75. The molecule has 0 bridgehead atoms. The monoisotopic (exact) mass is 1210 g/mol. The highest BCUT2D eigenvalue weighted by Gasteiger charge is 2.39. The Bertz CT molecular complexity index is 4120. The molecule has 0 aliphatic carbocycles. The van der Waals surface area contributed by atoms with E-state index in [0.29, 0.717) is 22.5 Å². The molecule has 5 heterocycles. The molecule has 0 spiro atoms. The molecule has 0 N–H and O–H groups in total. The standard InChI is InChI=1S/C15H12F6N.C14H11F2N2.C13H11F3N.C13H12F2N.C12H15N2/c1-9-11(13-5-3-4-6-22(13)2)7-10(14(16,17)18)8-12(9)15(19,20)21;1-9-7-11(15)10(8-17)14(16)13(9)12-5-3-4-6-18(12)2;1-8-5-10(15)6-11(16)13(8)12-7-9(14)3-4-17(12)2;1-9-7-10(14)3-4-12(9)13-8-11(15)5-6-16(13)2;1-10-6-4-5-7-11(10)12-13(2)8-9-14(12)3/h3-8H,1-2H3;3-7H,1-2H3;3-7H,1-2H3;3-8H,1-2H3;4-9H,1-3H3/q5*+1. The molecule has 0 radical (unpaired) electrons. The van der Waals surface area contributed by atoms with Crippen molar-refractivity contribution in [1.82, 2.24) is 4.57 Å². The largest absolute Gasteiger partial charge is 0.416 e. The van der Waals surface area contributed by atoms with Gasteiger partial charge in [-0.15, -0.1) is 0 Å². The van der Waals surface area contributed by atoms with E-state index in [1.54, 1.807) is 99.1 Å². The minimum atomic E-state index is -4.85. The number of rotatable bonds is 5. The third-order valence-corrected chi connectivity index (χ3v) is 14.0. The summed E-state index contributed by atoms with van der Waals surface area (Å²) >= 11 is 0. The lowest BCUT2D eigenvalue weighted by Gasteiger charge is -2.17. The molecule has 0 saturated carbocycles. The first kappa shape index (κ1) is 66.6. The van der Waals surface area contributed by atoms with Crippen LogP contribution in [-0.2, 0) is 54.6 Å². The normalized spacial score (nSPS) is 11.0. The first-order valence-corrected chi connectivity index (χ1v) is 26.5. The zero-order valence-electron chi connectivity index (χ0n) is 49.2. The quantitative estimate of drug-likeness (QED) is 0.125. The molecule has 5 aromatic carbocycles. The van der Waals surface area contributed by atoms with Crippen molar-refractivity contribution in [3.63, 3.8) is 0 Å². The molecule has 0 amide bonds. The van der Waals surface area contributed by atoms with E-state index in [1.807, 2.05) is 24.6 Å². The van der Waals surface area contributed by atoms with Crippen molar-refractivity contribution in [2.45, 2.75) is 47.0 Å². The Morgan fingerprint density at radius 2 is 0.943 bits per heavy atom. The Balaban J connectivity index is 0.000000175.